The van der Waals surface area contributed by atoms with Gasteiger partial charge >= 0.3 is 0 Å². The molecule has 1 aromatic heterocycles. The van der Waals surface area contributed by atoms with Gasteiger partial charge in [0.25, 0.3) is 0 Å². The van der Waals surface area contributed by atoms with Gasteiger partial charge in [-0.25, -0.2) is 4.98 Å². The maximum atomic E-state index is 9.06. The van der Waals surface area contributed by atoms with E-state index in [0.29, 0.717) is 17.2 Å². The van der Waals surface area contributed by atoms with E-state index in [0.717, 1.165) is 30.8 Å². The summed E-state index contributed by atoms with van der Waals surface area (Å²) in [7, 11) is 0. The van der Waals surface area contributed by atoms with Crippen LogP contribution in [0.3, 0.4) is 0 Å². The first-order chi connectivity index (χ1) is 9.72. The summed E-state index contributed by atoms with van der Waals surface area (Å²) < 4.78 is 5.73. The SMILES string of the molecule is CCCCc1nc(C)cc(Oc2ccccc2C#N)n1. The molecule has 4 nitrogen and oxygen atoms in total. The summed E-state index contributed by atoms with van der Waals surface area (Å²) in [6.07, 6.45) is 3.00. The van der Waals surface area contributed by atoms with E-state index in [2.05, 4.69) is 23.0 Å². The van der Waals surface area contributed by atoms with Crippen LogP contribution < -0.4 is 4.74 Å². The summed E-state index contributed by atoms with van der Waals surface area (Å²) in [5.41, 5.74) is 1.37. The minimum absolute atomic E-state index is 0.492. The van der Waals surface area contributed by atoms with Gasteiger partial charge in [-0.3, -0.25) is 0 Å². The fraction of sp³-hybridized carbons (Fsp3) is 0.312. The quantitative estimate of drug-likeness (QED) is 0.827. The summed E-state index contributed by atoms with van der Waals surface area (Å²) in [5, 5.41) is 9.06. The van der Waals surface area contributed by atoms with Gasteiger partial charge < -0.3 is 4.74 Å². The molecule has 0 fully saturated rings. The largest absolute Gasteiger partial charge is 0.438 e. The molecular formula is C16H17N3O. The summed E-state index contributed by atoms with van der Waals surface area (Å²) >= 11 is 0. The van der Waals surface area contributed by atoms with Crippen LogP contribution in [-0.4, -0.2) is 9.97 Å². The van der Waals surface area contributed by atoms with Crippen molar-refractivity contribution in [2.24, 2.45) is 0 Å². The van der Waals surface area contributed by atoms with Crippen LogP contribution >= 0.6 is 0 Å². The van der Waals surface area contributed by atoms with Crippen molar-refractivity contribution in [1.82, 2.24) is 9.97 Å². The van der Waals surface area contributed by atoms with Crippen LogP contribution in [0, 0.1) is 18.3 Å². The molecule has 0 saturated heterocycles. The molecule has 0 atom stereocenters. The average Bonchev–Trinajstić information content (AvgIpc) is 2.45. The summed E-state index contributed by atoms with van der Waals surface area (Å²) in [4.78, 5) is 8.80. The third-order valence-corrected chi connectivity index (χ3v) is 2.85. The highest BCUT2D eigenvalue weighted by Gasteiger charge is 2.07. The van der Waals surface area contributed by atoms with E-state index in [1.54, 1.807) is 18.2 Å². The Balaban J connectivity index is 2.25. The maximum absolute atomic E-state index is 9.06. The smallest absolute Gasteiger partial charge is 0.222 e. The number of benzene rings is 1. The van der Waals surface area contributed by atoms with Crippen molar-refractivity contribution in [2.45, 2.75) is 33.1 Å². The number of aromatic nitrogens is 2. The van der Waals surface area contributed by atoms with Crippen LogP contribution in [0.25, 0.3) is 0 Å². The molecule has 0 unspecified atom stereocenters. The summed E-state index contributed by atoms with van der Waals surface area (Å²) in [6.45, 7) is 4.05. The first-order valence-corrected chi connectivity index (χ1v) is 6.74. The topological polar surface area (TPSA) is 58.8 Å². The molecule has 0 radical (unpaired) electrons. The zero-order valence-corrected chi connectivity index (χ0v) is 11.8. The van der Waals surface area contributed by atoms with E-state index in [4.69, 9.17) is 10.00 Å². The van der Waals surface area contributed by atoms with Gasteiger partial charge in [0, 0.05) is 18.2 Å². The van der Waals surface area contributed by atoms with E-state index >= 15 is 0 Å². The predicted molar refractivity (Wildman–Crippen MR) is 76.6 cm³/mol. The first-order valence-electron chi connectivity index (χ1n) is 6.74. The van der Waals surface area contributed by atoms with Gasteiger partial charge in [-0.05, 0) is 25.5 Å². The summed E-state index contributed by atoms with van der Waals surface area (Å²) in [6, 6.07) is 11.0. The van der Waals surface area contributed by atoms with Crippen molar-refractivity contribution < 1.29 is 4.74 Å². The van der Waals surface area contributed by atoms with Crippen LogP contribution in [-0.2, 0) is 6.42 Å². The van der Waals surface area contributed by atoms with Crippen molar-refractivity contribution in [3.8, 4) is 17.7 Å². The minimum Gasteiger partial charge on any atom is -0.438 e. The van der Waals surface area contributed by atoms with E-state index in [9.17, 15) is 0 Å². The Kier molecular flexibility index (Phi) is 4.67. The van der Waals surface area contributed by atoms with E-state index in [-0.39, 0.29) is 0 Å². The lowest BCUT2D eigenvalue weighted by atomic mass is 10.2. The fourth-order valence-electron chi connectivity index (χ4n) is 1.86. The molecule has 0 saturated carbocycles. The number of rotatable bonds is 5. The van der Waals surface area contributed by atoms with Gasteiger partial charge in [0.2, 0.25) is 5.88 Å². The molecule has 0 aliphatic heterocycles. The Hall–Kier alpha value is -2.41. The van der Waals surface area contributed by atoms with Crippen LogP contribution in [0.15, 0.2) is 30.3 Å². The van der Waals surface area contributed by atoms with Crippen molar-refractivity contribution in [3.63, 3.8) is 0 Å². The van der Waals surface area contributed by atoms with E-state index in [1.807, 2.05) is 19.1 Å². The van der Waals surface area contributed by atoms with Crippen molar-refractivity contribution in [2.75, 3.05) is 0 Å². The molecule has 4 heteroatoms. The second-order valence-electron chi connectivity index (χ2n) is 4.58. The van der Waals surface area contributed by atoms with Gasteiger partial charge in [0.05, 0.1) is 5.56 Å². The Morgan fingerprint density at radius 2 is 2.05 bits per heavy atom. The molecular weight excluding hydrogens is 250 g/mol. The molecule has 20 heavy (non-hydrogen) atoms. The van der Waals surface area contributed by atoms with Gasteiger partial charge in [0.15, 0.2) is 0 Å². The Bertz CT molecular complexity index is 632. The Labute approximate surface area is 119 Å². The highest BCUT2D eigenvalue weighted by atomic mass is 16.5. The molecule has 0 N–H and O–H groups in total. The third kappa shape index (κ3) is 3.55. The van der Waals surface area contributed by atoms with Gasteiger partial charge in [0.1, 0.15) is 17.6 Å². The highest BCUT2D eigenvalue weighted by Crippen LogP contribution is 2.23. The van der Waals surface area contributed by atoms with Crippen LogP contribution in [0.1, 0.15) is 36.8 Å². The second kappa shape index (κ2) is 6.67. The van der Waals surface area contributed by atoms with Crippen LogP contribution in [0.2, 0.25) is 0 Å². The minimum atomic E-state index is 0.492. The third-order valence-electron chi connectivity index (χ3n) is 2.85. The van der Waals surface area contributed by atoms with Crippen LogP contribution in [0.4, 0.5) is 0 Å². The molecule has 2 aromatic rings. The lowest BCUT2D eigenvalue weighted by Gasteiger charge is -2.08. The monoisotopic (exact) mass is 267 g/mol. The zero-order chi connectivity index (χ0) is 14.4. The number of hydrogen-bond acceptors (Lipinski definition) is 4. The molecule has 0 amide bonds. The molecule has 1 heterocycles. The average molecular weight is 267 g/mol. The number of unbranched alkanes of at least 4 members (excludes halogenated alkanes) is 1. The molecule has 0 aliphatic rings. The standard InChI is InChI=1S/C16H17N3O/c1-3-4-9-15-18-12(2)10-16(19-15)20-14-8-6-5-7-13(14)11-17/h5-8,10H,3-4,9H2,1-2H3. The number of nitrogens with zero attached hydrogens (tertiary/aromatic N) is 3. The Morgan fingerprint density at radius 1 is 1.25 bits per heavy atom. The molecule has 2 rings (SSSR count). The first kappa shape index (κ1) is 14.0. The lowest BCUT2D eigenvalue weighted by Crippen LogP contribution is -2.00. The van der Waals surface area contributed by atoms with Crippen molar-refractivity contribution in [1.29, 1.82) is 5.26 Å². The molecule has 0 bridgehead atoms. The molecule has 102 valence electrons. The number of ether oxygens (including phenoxy) is 1. The van der Waals surface area contributed by atoms with Crippen molar-refractivity contribution >= 4 is 0 Å². The highest BCUT2D eigenvalue weighted by molar-refractivity contribution is 5.44. The number of aryl methyl sites for hydroxylation is 2. The van der Waals surface area contributed by atoms with Gasteiger partial charge in [-0.1, -0.05) is 25.5 Å². The van der Waals surface area contributed by atoms with Crippen LogP contribution in [0.5, 0.6) is 11.6 Å². The lowest BCUT2D eigenvalue weighted by molar-refractivity contribution is 0.455. The number of hydrogen-bond donors (Lipinski definition) is 0. The normalized spacial score (nSPS) is 10.1. The number of nitriles is 1. The zero-order valence-electron chi connectivity index (χ0n) is 11.8. The number of para-hydroxylation sites is 1. The van der Waals surface area contributed by atoms with E-state index < -0.39 is 0 Å². The second-order valence-corrected chi connectivity index (χ2v) is 4.58. The molecule has 0 aliphatic carbocycles. The summed E-state index contributed by atoms with van der Waals surface area (Å²) in [5.74, 6) is 1.80. The van der Waals surface area contributed by atoms with Gasteiger partial charge in [-0.2, -0.15) is 10.2 Å². The Morgan fingerprint density at radius 3 is 2.80 bits per heavy atom. The van der Waals surface area contributed by atoms with Gasteiger partial charge in [-0.15, -0.1) is 0 Å². The van der Waals surface area contributed by atoms with E-state index in [1.165, 1.54) is 0 Å². The predicted octanol–water partition coefficient (Wildman–Crippen LogP) is 3.79. The maximum Gasteiger partial charge on any atom is 0.222 e. The molecule has 1 aromatic carbocycles. The fourth-order valence-corrected chi connectivity index (χ4v) is 1.86. The molecule has 0 spiro atoms. The van der Waals surface area contributed by atoms with Crippen molar-refractivity contribution in [3.05, 3.63) is 47.4 Å².